The molecule has 0 bridgehead atoms. The Kier molecular flexibility index (Phi) is 4.87. The minimum absolute atomic E-state index is 0.362. The topological polar surface area (TPSA) is 37.3 Å². The molecule has 3 unspecified atom stereocenters. The molecule has 0 spiro atoms. The number of rotatable bonds is 5. The van der Waals surface area contributed by atoms with E-state index in [1.54, 1.807) is 0 Å². The van der Waals surface area contributed by atoms with Crippen LogP contribution >= 0.6 is 0 Å². The lowest BCUT2D eigenvalue weighted by Crippen LogP contribution is -2.30. The van der Waals surface area contributed by atoms with Crippen LogP contribution in [0.3, 0.4) is 0 Å². The van der Waals surface area contributed by atoms with Crippen LogP contribution in [0.5, 0.6) is 0 Å². The van der Waals surface area contributed by atoms with Crippen LogP contribution in [0.4, 0.5) is 0 Å². The molecule has 0 aromatic rings. The molecular weight excluding hydrogens is 212 g/mol. The summed E-state index contributed by atoms with van der Waals surface area (Å²) in [5.74, 6) is 2.29. The van der Waals surface area contributed by atoms with Gasteiger partial charge < -0.3 is 5.11 Å². The number of hydrogen-bond donors (Lipinski definition) is 1. The number of carboxylic acids is 1. The van der Waals surface area contributed by atoms with Gasteiger partial charge in [0.25, 0.3) is 0 Å². The summed E-state index contributed by atoms with van der Waals surface area (Å²) in [6.45, 7) is 0. The number of fused-ring (bicyclic) bond motifs is 1. The Hall–Kier alpha value is -0.530. The van der Waals surface area contributed by atoms with Crippen LogP contribution in [0.1, 0.15) is 70.6 Å². The number of carboxylic acid groups (broad SMARTS) is 1. The lowest BCUT2D eigenvalue weighted by molar-refractivity contribution is -0.137. The van der Waals surface area contributed by atoms with Crippen molar-refractivity contribution in [3.05, 3.63) is 0 Å². The molecule has 2 rings (SSSR count). The lowest BCUT2D eigenvalue weighted by atomic mass is 9.64. The molecule has 0 heterocycles. The lowest BCUT2D eigenvalue weighted by Gasteiger charge is -2.41. The second-order valence-electron chi connectivity index (χ2n) is 6.04. The van der Waals surface area contributed by atoms with E-state index in [2.05, 4.69) is 0 Å². The smallest absolute Gasteiger partial charge is 0.303 e. The third kappa shape index (κ3) is 3.72. The Morgan fingerprint density at radius 1 is 1.00 bits per heavy atom. The highest BCUT2D eigenvalue weighted by atomic mass is 16.4. The van der Waals surface area contributed by atoms with E-state index in [9.17, 15) is 4.79 Å². The molecule has 0 aromatic carbocycles. The minimum atomic E-state index is -0.635. The summed E-state index contributed by atoms with van der Waals surface area (Å²) < 4.78 is 0. The molecule has 3 atom stereocenters. The maximum Gasteiger partial charge on any atom is 0.303 e. The van der Waals surface area contributed by atoms with Crippen molar-refractivity contribution in [2.45, 2.75) is 70.6 Å². The summed E-state index contributed by atoms with van der Waals surface area (Å²) in [4.78, 5) is 10.5. The van der Waals surface area contributed by atoms with Crippen LogP contribution in [0, 0.1) is 17.8 Å². The monoisotopic (exact) mass is 238 g/mol. The van der Waals surface area contributed by atoms with Gasteiger partial charge >= 0.3 is 5.97 Å². The van der Waals surface area contributed by atoms with Crippen molar-refractivity contribution in [1.82, 2.24) is 0 Å². The van der Waals surface area contributed by atoms with Gasteiger partial charge in [0.15, 0.2) is 0 Å². The van der Waals surface area contributed by atoms with E-state index in [-0.39, 0.29) is 0 Å². The van der Waals surface area contributed by atoms with Gasteiger partial charge in [-0.1, -0.05) is 51.4 Å². The molecular formula is C15H26O2. The van der Waals surface area contributed by atoms with E-state index in [0.717, 1.165) is 30.6 Å². The van der Waals surface area contributed by atoms with Gasteiger partial charge in [-0.05, 0) is 30.6 Å². The SMILES string of the molecule is O=C(O)CCCCC1CCCC2CCCCC12. The van der Waals surface area contributed by atoms with Crippen molar-refractivity contribution in [1.29, 1.82) is 0 Å². The van der Waals surface area contributed by atoms with Gasteiger partial charge in [-0.2, -0.15) is 0 Å². The van der Waals surface area contributed by atoms with Gasteiger partial charge in [0.05, 0.1) is 0 Å². The molecule has 2 heteroatoms. The van der Waals surface area contributed by atoms with Crippen molar-refractivity contribution < 1.29 is 9.90 Å². The fraction of sp³-hybridized carbons (Fsp3) is 0.933. The first-order chi connectivity index (χ1) is 8.27. The molecule has 2 fully saturated rings. The largest absolute Gasteiger partial charge is 0.481 e. The van der Waals surface area contributed by atoms with Gasteiger partial charge in [-0.15, -0.1) is 0 Å². The first kappa shape index (κ1) is 12.9. The Bertz CT molecular complexity index is 247. The van der Waals surface area contributed by atoms with Crippen LogP contribution < -0.4 is 0 Å². The molecule has 0 saturated heterocycles. The summed E-state index contributed by atoms with van der Waals surface area (Å²) in [5.41, 5.74) is 0. The molecule has 0 radical (unpaired) electrons. The maximum atomic E-state index is 10.5. The Balaban J connectivity index is 1.73. The predicted octanol–water partition coefficient (Wildman–Crippen LogP) is 4.24. The van der Waals surface area contributed by atoms with E-state index in [1.807, 2.05) is 0 Å². The van der Waals surface area contributed by atoms with Crippen LogP contribution in [-0.4, -0.2) is 11.1 Å². The van der Waals surface area contributed by atoms with Crippen molar-refractivity contribution >= 4 is 5.97 Å². The predicted molar refractivity (Wildman–Crippen MR) is 68.9 cm³/mol. The Morgan fingerprint density at radius 3 is 2.59 bits per heavy atom. The molecule has 2 aliphatic carbocycles. The second-order valence-corrected chi connectivity index (χ2v) is 6.04. The summed E-state index contributed by atoms with van der Waals surface area (Å²) in [6.07, 6.45) is 13.8. The third-order valence-corrected chi connectivity index (χ3v) is 4.94. The van der Waals surface area contributed by atoms with E-state index in [4.69, 9.17) is 5.11 Å². The van der Waals surface area contributed by atoms with Gasteiger partial charge in [0, 0.05) is 6.42 Å². The molecule has 2 aliphatic rings. The summed E-state index contributed by atoms with van der Waals surface area (Å²) in [5, 5.41) is 8.64. The zero-order valence-corrected chi connectivity index (χ0v) is 10.9. The zero-order valence-electron chi connectivity index (χ0n) is 10.9. The van der Waals surface area contributed by atoms with E-state index in [1.165, 1.54) is 51.4 Å². The van der Waals surface area contributed by atoms with Gasteiger partial charge in [0.1, 0.15) is 0 Å². The summed E-state index contributed by atoms with van der Waals surface area (Å²) in [7, 11) is 0. The highest BCUT2D eigenvalue weighted by Crippen LogP contribution is 2.45. The fourth-order valence-electron chi connectivity index (χ4n) is 4.11. The van der Waals surface area contributed by atoms with Crippen LogP contribution in [0.25, 0.3) is 0 Å². The first-order valence-corrected chi connectivity index (χ1v) is 7.49. The van der Waals surface area contributed by atoms with Gasteiger partial charge in [-0.25, -0.2) is 0 Å². The molecule has 98 valence electrons. The molecule has 2 saturated carbocycles. The Morgan fingerprint density at radius 2 is 1.76 bits per heavy atom. The number of aliphatic carboxylic acids is 1. The normalized spacial score (nSPS) is 33.1. The summed E-state index contributed by atoms with van der Waals surface area (Å²) in [6, 6.07) is 0. The third-order valence-electron chi connectivity index (χ3n) is 4.94. The second kappa shape index (κ2) is 6.42. The maximum absolute atomic E-state index is 10.5. The van der Waals surface area contributed by atoms with Crippen molar-refractivity contribution in [2.75, 3.05) is 0 Å². The van der Waals surface area contributed by atoms with E-state index < -0.39 is 5.97 Å². The first-order valence-electron chi connectivity index (χ1n) is 7.49. The fourth-order valence-corrected chi connectivity index (χ4v) is 4.11. The molecule has 0 aromatic heterocycles. The molecule has 17 heavy (non-hydrogen) atoms. The number of hydrogen-bond acceptors (Lipinski definition) is 1. The minimum Gasteiger partial charge on any atom is -0.481 e. The average molecular weight is 238 g/mol. The number of unbranched alkanes of at least 4 members (excludes halogenated alkanes) is 1. The highest BCUT2D eigenvalue weighted by molar-refractivity contribution is 5.66. The average Bonchev–Trinajstić information content (AvgIpc) is 2.34. The molecule has 0 amide bonds. The Labute approximate surface area is 105 Å². The van der Waals surface area contributed by atoms with Crippen molar-refractivity contribution in [3.63, 3.8) is 0 Å². The van der Waals surface area contributed by atoms with Crippen LogP contribution in [0.2, 0.25) is 0 Å². The molecule has 1 N–H and O–H groups in total. The van der Waals surface area contributed by atoms with Gasteiger partial charge in [0.2, 0.25) is 0 Å². The molecule has 2 nitrogen and oxygen atoms in total. The van der Waals surface area contributed by atoms with Crippen LogP contribution in [0.15, 0.2) is 0 Å². The van der Waals surface area contributed by atoms with Crippen molar-refractivity contribution in [3.8, 4) is 0 Å². The number of carbonyl (C=O) groups is 1. The zero-order chi connectivity index (χ0) is 12.1. The quantitative estimate of drug-likeness (QED) is 0.727. The molecule has 0 aliphatic heterocycles. The van der Waals surface area contributed by atoms with Gasteiger partial charge in [-0.3, -0.25) is 4.79 Å². The summed E-state index contributed by atoms with van der Waals surface area (Å²) >= 11 is 0. The standard InChI is InChI=1S/C15H26O2/c16-15(17)11-4-2-7-13-9-5-8-12-6-1-3-10-14(12)13/h12-14H,1-11H2,(H,16,17). The van der Waals surface area contributed by atoms with E-state index >= 15 is 0 Å². The van der Waals surface area contributed by atoms with E-state index in [0.29, 0.717) is 6.42 Å². The van der Waals surface area contributed by atoms with Crippen molar-refractivity contribution in [2.24, 2.45) is 17.8 Å². The highest BCUT2D eigenvalue weighted by Gasteiger charge is 2.34. The van der Waals surface area contributed by atoms with Crippen LogP contribution in [-0.2, 0) is 4.79 Å².